The smallest absolute Gasteiger partial charge is 0.305 e. The van der Waals surface area contributed by atoms with Gasteiger partial charge in [-0.05, 0) is 42.7 Å². The summed E-state index contributed by atoms with van der Waals surface area (Å²) in [6.45, 7) is 0.928. The third-order valence-corrected chi connectivity index (χ3v) is 5.14. The molecule has 1 heterocycles. The molecule has 152 valence electrons. The van der Waals surface area contributed by atoms with Crippen molar-refractivity contribution in [1.29, 1.82) is 0 Å². The van der Waals surface area contributed by atoms with Crippen molar-refractivity contribution >= 4 is 17.8 Å². The van der Waals surface area contributed by atoms with Gasteiger partial charge in [0.1, 0.15) is 5.82 Å². The van der Waals surface area contributed by atoms with Crippen LogP contribution in [0.5, 0.6) is 0 Å². The zero-order valence-corrected chi connectivity index (χ0v) is 15.9. The highest BCUT2D eigenvalue weighted by Gasteiger charge is 2.29. The number of benzene rings is 2. The number of carboxylic acids is 1. The molecule has 2 N–H and O–H groups in total. The van der Waals surface area contributed by atoms with E-state index in [1.165, 1.54) is 24.3 Å². The second-order valence-electron chi connectivity index (χ2n) is 7.14. The lowest BCUT2D eigenvalue weighted by Crippen LogP contribution is -2.44. The molecule has 2 amide bonds. The molecule has 1 aliphatic heterocycles. The maximum atomic E-state index is 13.2. The largest absolute Gasteiger partial charge is 0.481 e. The van der Waals surface area contributed by atoms with Gasteiger partial charge in [-0.25, -0.2) is 4.39 Å². The van der Waals surface area contributed by atoms with Crippen molar-refractivity contribution in [3.05, 3.63) is 71.5 Å². The summed E-state index contributed by atoms with van der Waals surface area (Å²) >= 11 is 0. The quantitative estimate of drug-likeness (QED) is 0.783. The highest BCUT2D eigenvalue weighted by atomic mass is 19.1. The average molecular weight is 398 g/mol. The number of rotatable bonds is 6. The number of aliphatic carboxylic acids is 1. The van der Waals surface area contributed by atoms with Crippen LogP contribution in [0.3, 0.4) is 0 Å². The van der Waals surface area contributed by atoms with E-state index in [9.17, 15) is 18.8 Å². The molecule has 6 nitrogen and oxygen atoms in total. The fourth-order valence-corrected chi connectivity index (χ4v) is 3.52. The van der Waals surface area contributed by atoms with Gasteiger partial charge in [0, 0.05) is 24.6 Å². The SMILES string of the molecule is O=C(O)CC(NC(=O)C1CCN(C(=O)c2ccccc2)CC1)c1ccc(F)cc1. The van der Waals surface area contributed by atoms with Gasteiger partial charge in [0.15, 0.2) is 0 Å². The fraction of sp³-hybridized carbons (Fsp3) is 0.318. The molecule has 0 radical (unpaired) electrons. The first-order valence-electron chi connectivity index (χ1n) is 9.56. The Balaban J connectivity index is 1.59. The second kappa shape index (κ2) is 9.32. The molecule has 1 saturated heterocycles. The third kappa shape index (κ3) is 5.40. The standard InChI is InChI=1S/C22H23FN2O4/c23-18-8-6-15(7-9-18)19(14-20(26)27)24-21(28)16-10-12-25(13-11-16)22(29)17-4-2-1-3-5-17/h1-9,16,19H,10-14H2,(H,24,28)(H,26,27). The van der Waals surface area contributed by atoms with Crippen LogP contribution in [-0.4, -0.2) is 40.9 Å². The van der Waals surface area contributed by atoms with Crippen LogP contribution < -0.4 is 5.32 Å². The molecule has 29 heavy (non-hydrogen) atoms. The second-order valence-corrected chi connectivity index (χ2v) is 7.14. The number of likely N-dealkylation sites (tertiary alicyclic amines) is 1. The van der Waals surface area contributed by atoms with Crippen LogP contribution in [0.2, 0.25) is 0 Å². The molecule has 2 aromatic carbocycles. The Morgan fingerprint density at radius 3 is 2.24 bits per heavy atom. The molecule has 0 saturated carbocycles. The molecule has 0 spiro atoms. The average Bonchev–Trinajstić information content (AvgIpc) is 2.73. The summed E-state index contributed by atoms with van der Waals surface area (Å²) in [5.74, 6) is -2.08. The lowest BCUT2D eigenvalue weighted by Gasteiger charge is -2.32. The van der Waals surface area contributed by atoms with Crippen LogP contribution in [0.25, 0.3) is 0 Å². The predicted molar refractivity (Wildman–Crippen MR) is 105 cm³/mol. The van der Waals surface area contributed by atoms with Crippen molar-refractivity contribution in [2.75, 3.05) is 13.1 Å². The molecule has 3 rings (SSSR count). The summed E-state index contributed by atoms with van der Waals surface area (Å²) in [6.07, 6.45) is 0.726. The Morgan fingerprint density at radius 2 is 1.66 bits per heavy atom. The van der Waals surface area contributed by atoms with E-state index in [2.05, 4.69) is 5.32 Å². The maximum Gasteiger partial charge on any atom is 0.305 e. The Bertz CT molecular complexity index is 862. The maximum absolute atomic E-state index is 13.2. The van der Waals surface area contributed by atoms with E-state index in [1.54, 1.807) is 17.0 Å². The summed E-state index contributed by atoms with van der Waals surface area (Å²) in [6, 6.07) is 13.7. The molecule has 0 aromatic heterocycles. The highest BCUT2D eigenvalue weighted by Crippen LogP contribution is 2.23. The van der Waals surface area contributed by atoms with Crippen LogP contribution in [0, 0.1) is 11.7 Å². The third-order valence-electron chi connectivity index (χ3n) is 5.14. The first-order valence-corrected chi connectivity index (χ1v) is 9.56. The number of nitrogens with one attached hydrogen (secondary N) is 1. The Morgan fingerprint density at radius 1 is 1.03 bits per heavy atom. The first kappa shape index (κ1) is 20.5. The Kier molecular flexibility index (Phi) is 6.59. The number of hydrogen-bond acceptors (Lipinski definition) is 3. The van der Waals surface area contributed by atoms with Gasteiger partial charge < -0.3 is 15.3 Å². The number of hydrogen-bond donors (Lipinski definition) is 2. The van der Waals surface area contributed by atoms with Crippen molar-refractivity contribution < 1.29 is 23.9 Å². The van der Waals surface area contributed by atoms with Crippen LogP contribution in [0.1, 0.15) is 41.2 Å². The van der Waals surface area contributed by atoms with Crippen molar-refractivity contribution in [2.24, 2.45) is 5.92 Å². The van der Waals surface area contributed by atoms with E-state index in [4.69, 9.17) is 5.11 Å². The van der Waals surface area contributed by atoms with Gasteiger partial charge in [0.2, 0.25) is 5.91 Å². The minimum Gasteiger partial charge on any atom is -0.481 e. The topological polar surface area (TPSA) is 86.7 Å². The minimum atomic E-state index is -1.05. The van der Waals surface area contributed by atoms with E-state index in [0.29, 0.717) is 37.1 Å². The molecule has 2 aromatic rings. The van der Waals surface area contributed by atoms with E-state index >= 15 is 0 Å². The first-order chi connectivity index (χ1) is 13.9. The van der Waals surface area contributed by atoms with E-state index in [-0.39, 0.29) is 24.2 Å². The van der Waals surface area contributed by atoms with Gasteiger partial charge in [-0.3, -0.25) is 14.4 Å². The number of halogens is 1. The number of carboxylic acid groups (broad SMARTS) is 1. The van der Waals surface area contributed by atoms with Crippen LogP contribution in [-0.2, 0) is 9.59 Å². The summed E-state index contributed by atoms with van der Waals surface area (Å²) in [5.41, 5.74) is 1.16. The van der Waals surface area contributed by atoms with Crippen molar-refractivity contribution in [1.82, 2.24) is 10.2 Å². The number of carbonyl (C=O) groups is 3. The van der Waals surface area contributed by atoms with Gasteiger partial charge in [-0.1, -0.05) is 30.3 Å². The van der Waals surface area contributed by atoms with Crippen molar-refractivity contribution in [3.8, 4) is 0 Å². The van der Waals surface area contributed by atoms with Gasteiger partial charge in [0.25, 0.3) is 5.91 Å². The van der Waals surface area contributed by atoms with Crippen molar-refractivity contribution in [2.45, 2.75) is 25.3 Å². The number of piperidine rings is 1. The molecule has 0 aliphatic carbocycles. The minimum absolute atomic E-state index is 0.0560. The zero-order chi connectivity index (χ0) is 20.8. The molecule has 1 aliphatic rings. The summed E-state index contributed by atoms with van der Waals surface area (Å²) in [7, 11) is 0. The van der Waals surface area contributed by atoms with E-state index in [1.807, 2.05) is 18.2 Å². The number of amides is 2. The molecule has 1 fully saturated rings. The summed E-state index contributed by atoms with van der Waals surface area (Å²) in [4.78, 5) is 38.1. The number of carbonyl (C=O) groups excluding carboxylic acids is 2. The lowest BCUT2D eigenvalue weighted by molar-refractivity contribution is -0.138. The van der Waals surface area contributed by atoms with E-state index in [0.717, 1.165) is 0 Å². The Labute approximate surface area is 168 Å². The van der Waals surface area contributed by atoms with Crippen molar-refractivity contribution in [3.63, 3.8) is 0 Å². The predicted octanol–water partition coefficient (Wildman–Crippen LogP) is 3.01. The molecular weight excluding hydrogens is 375 g/mol. The molecular formula is C22H23FN2O4. The zero-order valence-electron chi connectivity index (χ0n) is 15.9. The van der Waals surface area contributed by atoms with Crippen LogP contribution in [0.4, 0.5) is 4.39 Å². The molecule has 7 heteroatoms. The normalized spacial score (nSPS) is 15.6. The monoisotopic (exact) mass is 398 g/mol. The van der Waals surface area contributed by atoms with Crippen LogP contribution >= 0.6 is 0 Å². The van der Waals surface area contributed by atoms with Gasteiger partial charge in [0.05, 0.1) is 12.5 Å². The van der Waals surface area contributed by atoms with Crippen LogP contribution in [0.15, 0.2) is 54.6 Å². The Hall–Kier alpha value is -3.22. The number of nitrogens with zero attached hydrogens (tertiary/aromatic N) is 1. The summed E-state index contributed by atoms with van der Waals surface area (Å²) in [5, 5.41) is 11.9. The van der Waals surface area contributed by atoms with E-state index < -0.39 is 17.8 Å². The molecule has 0 bridgehead atoms. The summed E-state index contributed by atoms with van der Waals surface area (Å²) < 4.78 is 13.2. The lowest BCUT2D eigenvalue weighted by atomic mass is 9.94. The van der Waals surface area contributed by atoms with Gasteiger partial charge >= 0.3 is 5.97 Å². The fourth-order valence-electron chi connectivity index (χ4n) is 3.52. The molecule has 1 atom stereocenters. The highest BCUT2D eigenvalue weighted by molar-refractivity contribution is 5.94. The molecule has 1 unspecified atom stereocenters. The van der Waals surface area contributed by atoms with Gasteiger partial charge in [-0.2, -0.15) is 0 Å². The van der Waals surface area contributed by atoms with Gasteiger partial charge in [-0.15, -0.1) is 0 Å².